The molecule has 0 aliphatic heterocycles. The predicted octanol–water partition coefficient (Wildman–Crippen LogP) is 4.44. The minimum atomic E-state index is 0.0649. The van der Waals surface area contributed by atoms with E-state index in [0.717, 1.165) is 11.3 Å². The maximum Gasteiger partial charge on any atom is 0.224 e. The van der Waals surface area contributed by atoms with Crippen LogP contribution in [-0.4, -0.2) is 5.91 Å². The van der Waals surface area contributed by atoms with E-state index in [1.54, 1.807) is 0 Å². The molecule has 0 fully saturated rings. The fourth-order valence-corrected chi connectivity index (χ4v) is 2.27. The van der Waals surface area contributed by atoms with Crippen molar-refractivity contribution in [1.82, 2.24) is 0 Å². The number of amides is 1. The summed E-state index contributed by atoms with van der Waals surface area (Å²) in [5, 5.41) is 3.01. The molecule has 0 saturated carbocycles. The van der Waals surface area contributed by atoms with E-state index in [1.165, 1.54) is 11.1 Å². The lowest BCUT2D eigenvalue weighted by molar-refractivity contribution is -0.116. The lowest BCUT2D eigenvalue weighted by atomic mass is 9.97. The first-order chi connectivity index (χ1) is 9.58. The van der Waals surface area contributed by atoms with E-state index in [1.807, 2.05) is 37.3 Å². The van der Waals surface area contributed by atoms with Gasteiger partial charge in [0.15, 0.2) is 0 Å². The van der Waals surface area contributed by atoms with Gasteiger partial charge in [-0.2, -0.15) is 0 Å². The number of aryl methyl sites for hydroxylation is 1. The van der Waals surface area contributed by atoms with Gasteiger partial charge in [0.05, 0.1) is 0 Å². The van der Waals surface area contributed by atoms with Crippen LogP contribution in [0.1, 0.15) is 36.0 Å². The van der Waals surface area contributed by atoms with E-state index in [2.05, 4.69) is 37.4 Å². The van der Waals surface area contributed by atoms with Crippen molar-refractivity contribution in [3.63, 3.8) is 0 Å². The first kappa shape index (κ1) is 14.3. The van der Waals surface area contributed by atoms with Crippen molar-refractivity contribution in [3.8, 4) is 0 Å². The van der Waals surface area contributed by atoms with Gasteiger partial charge < -0.3 is 5.32 Å². The molecule has 0 aliphatic carbocycles. The van der Waals surface area contributed by atoms with Gasteiger partial charge in [-0.15, -0.1) is 0 Å². The minimum absolute atomic E-state index is 0.0649. The van der Waals surface area contributed by atoms with Crippen LogP contribution in [0.25, 0.3) is 0 Å². The van der Waals surface area contributed by atoms with E-state index < -0.39 is 0 Å². The van der Waals surface area contributed by atoms with Crippen molar-refractivity contribution in [1.29, 1.82) is 0 Å². The molecule has 0 bridgehead atoms. The molecule has 2 aromatic carbocycles. The number of hydrogen-bond acceptors (Lipinski definition) is 1. The van der Waals surface area contributed by atoms with Gasteiger partial charge in [-0.1, -0.05) is 49.4 Å². The molecular formula is C18H21NO. The molecule has 1 unspecified atom stereocenters. The van der Waals surface area contributed by atoms with Gasteiger partial charge in [-0.25, -0.2) is 0 Å². The van der Waals surface area contributed by atoms with Crippen LogP contribution in [0.15, 0.2) is 48.5 Å². The average Bonchev–Trinajstić information content (AvgIpc) is 2.45. The van der Waals surface area contributed by atoms with Gasteiger partial charge in [0.25, 0.3) is 0 Å². The second-order valence-electron chi connectivity index (χ2n) is 5.31. The highest BCUT2D eigenvalue weighted by Gasteiger charge is 2.12. The molecule has 2 rings (SSSR count). The largest absolute Gasteiger partial charge is 0.326 e. The van der Waals surface area contributed by atoms with Crippen LogP contribution in [0.4, 0.5) is 5.69 Å². The van der Waals surface area contributed by atoms with Crippen LogP contribution in [0, 0.1) is 13.8 Å². The molecule has 104 valence electrons. The lowest BCUT2D eigenvalue weighted by Gasteiger charge is -2.14. The number of carbonyl (C=O) groups excluding carboxylic acids is 1. The first-order valence-electron chi connectivity index (χ1n) is 6.99. The Labute approximate surface area is 120 Å². The molecule has 0 spiro atoms. The fraction of sp³-hybridized carbons (Fsp3) is 0.278. The zero-order valence-corrected chi connectivity index (χ0v) is 12.3. The smallest absolute Gasteiger partial charge is 0.224 e. The molecule has 1 N–H and O–H groups in total. The van der Waals surface area contributed by atoms with Crippen LogP contribution < -0.4 is 5.32 Å². The third kappa shape index (κ3) is 3.47. The molecule has 0 aromatic heterocycles. The molecule has 0 radical (unpaired) electrons. The average molecular weight is 267 g/mol. The van der Waals surface area contributed by atoms with Crippen molar-refractivity contribution in [2.45, 2.75) is 33.1 Å². The monoisotopic (exact) mass is 267 g/mol. The molecule has 0 heterocycles. The number of anilines is 1. The third-order valence-electron chi connectivity index (χ3n) is 3.74. The molecule has 2 heteroatoms. The lowest BCUT2D eigenvalue weighted by Crippen LogP contribution is -2.15. The zero-order chi connectivity index (χ0) is 14.5. The quantitative estimate of drug-likeness (QED) is 0.872. The Morgan fingerprint density at radius 3 is 2.45 bits per heavy atom. The number of hydrogen-bond donors (Lipinski definition) is 1. The highest BCUT2D eigenvalue weighted by molar-refractivity contribution is 5.92. The van der Waals surface area contributed by atoms with Gasteiger partial charge in [-0.3, -0.25) is 4.79 Å². The fourth-order valence-electron chi connectivity index (χ4n) is 2.27. The molecule has 1 atom stereocenters. The Hall–Kier alpha value is -2.09. The summed E-state index contributed by atoms with van der Waals surface area (Å²) in [6.07, 6.45) is 0.497. The number of rotatable bonds is 4. The molecular weight excluding hydrogens is 246 g/mol. The standard InChI is InChI=1S/C18H21NO/c1-13-8-7-11-17(15(13)3)19-18(20)12-14(2)16-9-5-4-6-10-16/h4-11,14H,12H2,1-3H3,(H,19,20). The normalized spacial score (nSPS) is 11.9. The Balaban J connectivity index is 2.01. The van der Waals surface area contributed by atoms with Crippen molar-refractivity contribution in [3.05, 3.63) is 65.2 Å². The molecule has 0 saturated heterocycles. The van der Waals surface area contributed by atoms with Crippen LogP contribution in [0.2, 0.25) is 0 Å². The van der Waals surface area contributed by atoms with E-state index in [0.29, 0.717) is 6.42 Å². The number of nitrogens with one attached hydrogen (secondary N) is 1. The zero-order valence-electron chi connectivity index (χ0n) is 12.3. The SMILES string of the molecule is Cc1cccc(NC(=O)CC(C)c2ccccc2)c1C. The van der Waals surface area contributed by atoms with Crippen LogP contribution >= 0.6 is 0 Å². The van der Waals surface area contributed by atoms with E-state index in [4.69, 9.17) is 0 Å². The molecule has 2 aromatic rings. The summed E-state index contributed by atoms with van der Waals surface area (Å²) in [6, 6.07) is 16.1. The Morgan fingerprint density at radius 2 is 1.75 bits per heavy atom. The van der Waals surface area contributed by atoms with Crippen molar-refractivity contribution >= 4 is 11.6 Å². The summed E-state index contributed by atoms with van der Waals surface area (Å²) in [6.45, 7) is 6.17. The highest BCUT2D eigenvalue weighted by Crippen LogP contribution is 2.21. The van der Waals surface area contributed by atoms with Crippen LogP contribution in [0.3, 0.4) is 0 Å². The Morgan fingerprint density at radius 1 is 1.05 bits per heavy atom. The Bertz CT molecular complexity index is 590. The van der Waals surface area contributed by atoms with E-state index in [-0.39, 0.29) is 11.8 Å². The van der Waals surface area contributed by atoms with Gasteiger partial charge in [0.1, 0.15) is 0 Å². The second-order valence-corrected chi connectivity index (χ2v) is 5.31. The van der Waals surface area contributed by atoms with Gasteiger partial charge in [0, 0.05) is 12.1 Å². The van der Waals surface area contributed by atoms with Crippen molar-refractivity contribution in [2.24, 2.45) is 0 Å². The molecule has 2 nitrogen and oxygen atoms in total. The van der Waals surface area contributed by atoms with Crippen LogP contribution in [-0.2, 0) is 4.79 Å². The molecule has 1 amide bonds. The number of benzene rings is 2. The van der Waals surface area contributed by atoms with Gasteiger partial charge in [0.2, 0.25) is 5.91 Å². The molecule has 20 heavy (non-hydrogen) atoms. The first-order valence-corrected chi connectivity index (χ1v) is 6.99. The van der Waals surface area contributed by atoms with Crippen LogP contribution in [0.5, 0.6) is 0 Å². The Kier molecular flexibility index (Phi) is 4.57. The summed E-state index contributed by atoms with van der Waals surface area (Å²) in [7, 11) is 0. The van der Waals surface area contributed by atoms with Gasteiger partial charge in [-0.05, 0) is 42.5 Å². The predicted molar refractivity (Wildman–Crippen MR) is 84.0 cm³/mol. The minimum Gasteiger partial charge on any atom is -0.326 e. The maximum atomic E-state index is 12.1. The van der Waals surface area contributed by atoms with Crippen molar-refractivity contribution in [2.75, 3.05) is 5.32 Å². The summed E-state index contributed by atoms with van der Waals surface area (Å²) >= 11 is 0. The summed E-state index contributed by atoms with van der Waals surface area (Å²) in [5.41, 5.74) is 4.44. The summed E-state index contributed by atoms with van der Waals surface area (Å²) in [5.74, 6) is 0.288. The topological polar surface area (TPSA) is 29.1 Å². The third-order valence-corrected chi connectivity index (χ3v) is 3.74. The van der Waals surface area contributed by atoms with E-state index in [9.17, 15) is 4.79 Å². The highest BCUT2D eigenvalue weighted by atomic mass is 16.1. The summed E-state index contributed by atoms with van der Waals surface area (Å²) in [4.78, 5) is 12.1. The number of carbonyl (C=O) groups is 1. The maximum absolute atomic E-state index is 12.1. The molecule has 0 aliphatic rings. The van der Waals surface area contributed by atoms with Gasteiger partial charge >= 0.3 is 0 Å². The summed E-state index contributed by atoms with van der Waals surface area (Å²) < 4.78 is 0. The second kappa shape index (κ2) is 6.38. The van der Waals surface area contributed by atoms with Crippen molar-refractivity contribution < 1.29 is 4.79 Å². The van der Waals surface area contributed by atoms with E-state index >= 15 is 0 Å².